The number of carbonyl (C=O) groups is 1. The van der Waals surface area contributed by atoms with Crippen molar-refractivity contribution in [2.24, 2.45) is 0 Å². The summed E-state index contributed by atoms with van der Waals surface area (Å²) < 4.78 is 0. The van der Waals surface area contributed by atoms with Crippen molar-refractivity contribution < 1.29 is 4.79 Å². The van der Waals surface area contributed by atoms with Crippen molar-refractivity contribution in [1.82, 2.24) is 0 Å². The molecule has 1 amide bonds. The molecule has 98 valence electrons. The average Bonchev–Trinajstić information content (AvgIpc) is 2.42. The summed E-state index contributed by atoms with van der Waals surface area (Å²) in [5, 5.41) is 6.50. The maximum atomic E-state index is 12.2. The standard InChI is InChI=1S/C14H12Cl2N2O/c1-17-12-8-3-2-5-9(12)14(19)18-13-10(15)6-4-7-11(13)16/h2-8,17H,1H3,(H,18,19). The van der Waals surface area contributed by atoms with Crippen molar-refractivity contribution in [2.45, 2.75) is 0 Å². The van der Waals surface area contributed by atoms with Crippen molar-refractivity contribution >= 4 is 40.5 Å². The van der Waals surface area contributed by atoms with E-state index in [0.29, 0.717) is 21.3 Å². The Labute approximate surface area is 121 Å². The lowest BCUT2D eigenvalue weighted by molar-refractivity contribution is 0.102. The molecule has 2 aromatic rings. The molecule has 19 heavy (non-hydrogen) atoms. The number of anilines is 2. The van der Waals surface area contributed by atoms with Crippen LogP contribution in [0.3, 0.4) is 0 Å². The Kier molecular flexibility index (Phi) is 4.30. The number of para-hydroxylation sites is 2. The average molecular weight is 295 g/mol. The predicted molar refractivity (Wildman–Crippen MR) is 80.4 cm³/mol. The summed E-state index contributed by atoms with van der Waals surface area (Å²) in [6.45, 7) is 0. The maximum Gasteiger partial charge on any atom is 0.257 e. The van der Waals surface area contributed by atoms with Crippen LogP contribution in [0.4, 0.5) is 11.4 Å². The molecule has 0 aliphatic carbocycles. The zero-order valence-electron chi connectivity index (χ0n) is 10.2. The van der Waals surface area contributed by atoms with E-state index in [-0.39, 0.29) is 5.91 Å². The fourth-order valence-electron chi connectivity index (χ4n) is 1.70. The lowest BCUT2D eigenvalue weighted by atomic mass is 10.1. The molecule has 0 aromatic heterocycles. The van der Waals surface area contributed by atoms with E-state index in [2.05, 4.69) is 10.6 Å². The van der Waals surface area contributed by atoms with Crippen LogP contribution in [-0.2, 0) is 0 Å². The molecule has 0 spiro atoms. The molecule has 3 nitrogen and oxygen atoms in total. The Hall–Kier alpha value is -1.71. The van der Waals surface area contributed by atoms with Gasteiger partial charge >= 0.3 is 0 Å². The fraction of sp³-hybridized carbons (Fsp3) is 0.0714. The number of hydrogen-bond acceptors (Lipinski definition) is 2. The van der Waals surface area contributed by atoms with Crippen LogP contribution in [0.5, 0.6) is 0 Å². The van der Waals surface area contributed by atoms with Crippen LogP contribution in [0.2, 0.25) is 10.0 Å². The van der Waals surface area contributed by atoms with Crippen molar-refractivity contribution in [2.75, 3.05) is 17.7 Å². The summed E-state index contributed by atoms with van der Waals surface area (Å²) >= 11 is 12.0. The van der Waals surface area contributed by atoms with Crippen molar-refractivity contribution in [3.8, 4) is 0 Å². The highest BCUT2D eigenvalue weighted by atomic mass is 35.5. The van der Waals surface area contributed by atoms with E-state index in [9.17, 15) is 4.79 Å². The third-order valence-corrected chi connectivity index (χ3v) is 3.27. The highest BCUT2D eigenvalue weighted by Gasteiger charge is 2.13. The van der Waals surface area contributed by atoms with Gasteiger partial charge in [-0.25, -0.2) is 0 Å². The molecule has 2 aromatic carbocycles. The fourth-order valence-corrected chi connectivity index (χ4v) is 2.19. The van der Waals surface area contributed by atoms with E-state index < -0.39 is 0 Å². The minimum absolute atomic E-state index is 0.264. The van der Waals surface area contributed by atoms with Crippen molar-refractivity contribution in [3.05, 3.63) is 58.1 Å². The Morgan fingerprint density at radius 2 is 1.63 bits per heavy atom. The molecular formula is C14H12Cl2N2O. The minimum Gasteiger partial charge on any atom is -0.387 e. The Balaban J connectivity index is 2.31. The molecule has 0 aliphatic heterocycles. The van der Waals surface area contributed by atoms with Crippen LogP contribution in [-0.4, -0.2) is 13.0 Å². The first-order chi connectivity index (χ1) is 9.13. The van der Waals surface area contributed by atoms with Gasteiger partial charge in [-0.3, -0.25) is 4.79 Å². The Morgan fingerprint density at radius 3 is 2.26 bits per heavy atom. The van der Waals surface area contributed by atoms with Gasteiger partial charge in [0.1, 0.15) is 0 Å². The molecule has 0 fully saturated rings. The van der Waals surface area contributed by atoms with E-state index in [1.807, 2.05) is 12.1 Å². The third-order valence-electron chi connectivity index (χ3n) is 2.64. The quantitative estimate of drug-likeness (QED) is 0.887. The number of benzene rings is 2. The highest BCUT2D eigenvalue weighted by molar-refractivity contribution is 6.40. The molecule has 0 bridgehead atoms. The van der Waals surface area contributed by atoms with Gasteiger partial charge in [-0.2, -0.15) is 0 Å². The van der Waals surface area contributed by atoms with Gasteiger partial charge in [-0.05, 0) is 24.3 Å². The summed E-state index contributed by atoms with van der Waals surface area (Å²) in [6.07, 6.45) is 0. The first-order valence-corrected chi connectivity index (χ1v) is 6.41. The van der Waals surface area contributed by atoms with Gasteiger partial charge in [-0.1, -0.05) is 41.4 Å². The number of rotatable bonds is 3. The normalized spacial score (nSPS) is 10.1. The molecule has 0 aliphatic rings. The second kappa shape index (κ2) is 5.95. The Morgan fingerprint density at radius 1 is 1.00 bits per heavy atom. The lowest BCUT2D eigenvalue weighted by Crippen LogP contribution is -2.14. The topological polar surface area (TPSA) is 41.1 Å². The SMILES string of the molecule is CNc1ccccc1C(=O)Nc1c(Cl)cccc1Cl. The van der Waals surface area contributed by atoms with E-state index in [4.69, 9.17) is 23.2 Å². The number of carbonyl (C=O) groups excluding carboxylic acids is 1. The van der Waals surface area contributed by atoms with E-state index in [1.165, 1.54) is 0 Å². The first-order valence-electron chi connectivity index (χ1n) is 5.65. The Bertz CT molecular complexity index is 594. The summed E-state index contributed by atoms with van der Waals surface area (Å²) in [7, 11) is 1.76. The second-order valence-electron chi connectivity index (χ2n) is 3.85. The van der Waals surface area contributed by atoms with Gasteiger partial charge in [0.05, 0.1) is 21.3 Å². The molecule has 0 saturated heterocycles. The molecule has 5 heteroatoms. The minimum atomic E-state index is -0.264. The summed E-state index contributed by atoms with van der Waals surface area (Å²) in [5.41, 5.74) is 1.69. The van der Waals surface area contributed by atoms with E-state index >= 15 is 0 Å². The monoisotopic (exact) mass is 294 g/mol. The summed E-state index contributed by atoms with van der Waals surface area (Å²) in [4.78, 5) is 12.2. The molecule has 2 N–H and O–H groups in total. The second-order valence-corrected chi connectivity index (χ2v) is 4.66. The van der Waals surface area contributed by atoms with E-state index in [1.54, 1.807) is 37.4 Å². The zero-order valence-corrected chi connectivity index (χ0v) is 11.7. The van der Waals surface area contributed by atoms with Gasteiger partial charge < -0.3 is 10.6 Å². The molecule has 2 rings (SSSR count). The number of hydrogen-bond donors (Lipinski definition) is 2. The lowest BCUT2D eigenvalue weighted by Gasteiger charge is -2.11. The van der Waals surface area contributed by atoms with E-state index in [0.717, 1.165) is 5.69 Å². The van der Waals surface area contributed by atoms with Crippen LogP contribution in [0.1, 0.15) is 10.4 Å². The van der Waals surface area contributed by atoms with Gasteiger partial charge in [0.15, 0.2) is 0 Å². The molecule has 0 saturated carbocycles. The molecule has 0 heterocycles. The molecule has 0 unspecified atom stereocenters. The maximum absolute atomic E-state index is 12.2. The van der Waals surface area contributed by atoms with Gasteiger partial charge in [-0.15, -0.1) is 0 Å². The highest BCUT2D eigenvalue weighted by Crippen LogP contribution is 2.30. The van der Waals surface area contributed by atoms with Crippen molar-refractivity contribution in [1.29, 1.82) is 0 Å². The largest absolute Gasteiger partial charge is 0.387 e. The smallest absolute Gasteiger partial charge is 0.257 e. The number of halogens is 2. The van der Waals surface area contributed by atoms with Crippen LogP contribution in [0.15, 0.2) is 42.5 Å². The molecular weight excluding hydrogens is 283 g/mol. The summed E-state index contributed by atoms with van der Waals surface area (Å²) in [6, 6.07) is 12.3. The van der Waals surface area contributed by atoms with Crippen molar-refractivity contribution in [3.63, 3.8) is 0 Å². The summed E-state index contributed by atoms with van der Waals surface area (Å²) in [5.74, 6) is -0.264. The first kappa shape index (κ1) is 13.7. The van der Waals surface area contributed by atoms with Crippen LogP contribution >= 0.6 is 23.2 Å². The third kappa shape index (κ3) is 3.00. The van der Waals surface area contributed by atoms with Crippen LogP contribution in [0, 0.1) is 0 Å². The molecule has 0 atom stereocenters. The molecule has 0 radical (unpaired) electrons. The van der Waals surface area contributed by atoms with Crippen LogP contribution in [0.25, 0.3) is 0 Å². The number of nitrogens with one attached hydrogen (secondary N) is 2. The van der Waals surface area contributed by atoms with Gasteiger partial charge in [0.2, 0.25) is 0 Å². The number of amides is 1. The van der Waals surface area contributed by atoms with Gasteiger partial charge in [0.25, 0.3) is 5.91 Å². The zero-order chi connectivity index (χ0) is 13.8. The van der Waals surface area contributed by atoms with Crippen LogP contribution < -0.4 is 10.6 Å². The predicted octanol–water partition coefficient (Wildman–Crippen LogP) is 4.29. The van der Waals surface area contributed by atoms with Gasteiger partial charge in [0, 0.05) is 12.7 Å².